The van der Waals surface area contributed by atoms with E-state index in [9.17, 15) is 0 Å². The molecule has 1 saturated heterocycles. The van der Waals surface area contributed by atoms with Gasteiger partial charge in [0.1, 0.15) is 0 Å². The Morgan fingerprint density at radius 2 is 1.38 bits per heavy atom. The Balaban J connectivity index is 2.47. The fourth-order valence-electron chi connectivity index (χ4n) is 4.10. The van der Waals surface area contributed by atoms with Crippen LogP contribution in [0.15, 0.2) is 23.1 Å². The number of nitrogens with zero attached hydrogens (tertiary/aromatic N) is 2. The predicted octanol–water partition coefficient (Wildman–Crippen LogP) is 6.41. The second-order valence-electron chi connectivity index (χ2n) is 9.19. The van der Waals surface area contributed by atoms with Crippen LogP contribution in [0, 0.1) is 0 Å². The van der Waals surface area contributed by atoms with E-state index in [2.05, 4.69) is 85.6 Å². The summed E-state index contributed by atoms with van der Waals surface area (Å²) < 4.78 is 0. The second kappa shape index (κ2) is 7.02. The molecule has 0 aromatic heterocycles. The normalized spacial score (nSPS) is 20.0. The zero-order valence-corrected chi connectivity index (χ0v) is 17.0. The molecule has 0 spiro atoms. The molecule has 3 heteroatoms. The molecule has 2 nitrogen and oxygen atoms in total. The van der Waals surface area contributed by atoms with Crippen LogP contribution in [0.1, 0.15) is 97.6 Å². The van der Waals surface area contributed by atoms with Crippen LogP contribution in [-0.2, 0) is 0 Å². The predicted molar refractivity (Wildman–Crippen MR) is 106 cm³/mol. The van der Waals surface area contributed by atoms with E-state index in [1.54, 1.807) is 0 Å². The Morgan fingerprint density at radius 1 is 0.917 bits per heavy atom. The molecule has 0 atom stereocenters. The van der Waals surface area contributed by atoms with Gasteiger partial charge in [-0.2, -0.15) is 0 Å². The average molecular weight is 326 g/mol. The first kappa shape index (κ1) is 19.2. The maximum atomic E-state index is 5.06. The zero-order chi connectivity index (χ0) is 18.1. The molecular formula is C21H35BN2. The van der Waals surface area contributed by atoms with Gasteiger partial charge in [0.15, 0.2) is 0 Å². The standard InChI is InChI=1S/C21H35BN2/c1-15(2)17-11-9-12-18(16(3)4)19(17)23-22-24-20(5,6)13-10-14-21(24,7)8/h9,11-12,15-16H,10,13-14H2,1-8H3. The van der Waals surface area contributed by atoms with Crippen molar-refractivity contribution in [2.24, 2.45) is 4.90 Å². The van der Waals surface area contributed by atoms with Crippen LogP contribution in [0.4, 0.5) is 5.69 Å². The third-order valence-electron chi connectivity index (χ3n) is 5.53. The Hall–Kier alpha value is -1.12. The Labute approximate surface area is 150 Å². The summed E-state index contributed by atoms with van der Waals surface area (Å²) in [5, 5.41) is 0. The number of benzene rings is 1. The number of rotatable bonds is 4. The van der Waals surface area contributed by atoms with Gasteiger partial charge < -0.3 is 0 Å². The molecule has 1 aliphatic rings. The van der Waals surface area contributed by atoms with Gasteiger partial charge in [-0.15, -0.1) is 0 Å². The summed E-state index contributed by atoms with van der Waals surface area (Å²) >= 11 is 0. The van der Waals surface area contributed by atoms with Crippen molar-refractivity contribution in [1.29, 1.82) is 0 Å². The minimum atomic E-state index is 0.163. The average Bonchev–Trinajstić information content (AvgIpc) is 2.44. The molecule has 0 saturated carbocycles. The molecule has 0 bridgehead atoms. The molecule has 0 amide bonds. The van der Waals surface area contributed by atoms with Crippen LogP contribution in [0.2, 0.25) is 0 Å². The summed E-state index contributed by atoms with van der Waals surface area (Å²) in [6, 6.07) is 6.64. The molecule has 1 aromatic rings. The summed E-state index contributed by atoms with van der Waals surface area (Å²) in [5.41, 5.74) is 4.21. The maximum absolute atomic E-state index is 5.06. The van der Waals surface area contributed by atoms with Crippen molar-refractivity contribution in [3.8, 4) is 0 Å². The van der Waals surface area contributed by atoms with E-state index in [4.69, 9.17) is 4.90 Å². The van der Waals surface area contributed by atoms with Crippen LogP contribution < -0.4 is 0 Å². The molecule has 1 heterocycles. The van der Waals surface area contributed by atoms with Gasteiger partial charge in [0.05, 0.1) is 0 Å². The summed E-state index contributed by atoms with van der Waals surface area (Å²) in [5.74, 6) is 0.969. The number of piperidine rings is 1. The van der Waals surface area contributed by atoms with Crippen molar-refractivity contribution in [2.75, 3.05) is 0 Å². The van der Waals surface area contributed by atoms with Gasteiger partial charge in [0.25, 0.3) is 0 Å². The van der Waals surface area contributed by atoms with Gasteiger partial charge in [0.2, 0.25) is 0 Å². The molecular weight excluding hydrogens is 291 g/mol. The number of hydrogen-bond donors (Lipinski definition) is 0. The molecule has 2 rings (SSSR count). The quantitative estimate of drug-likeness (QED) is 0.584. The summed E-state index contributed by atoms with van der Waals surface area (Å²) in [4.78, 5) is 7.56. The first-order valence-electron chi connectivity index (χ1n) is 9.53. The Bertz CT molecular complexity index is 558. The van der Waals surface area contributed by atoms with Crippen LogP contribution in [0.5, 0.6) is 0 Å². The van der Waals surface area contributed by atoms with Gasteiger partial charge >= 0.3 is 149 Å². The minimum absolute atomic E-state index is 0.163. The van der Waals surface area contributed by atoms with E-state index in [0.717, 1.165) is 0 Å². The van der Waals surface area contributed by atoms with Crippen molar-refractivity contribution in [2.45, 2.75) is 97.6 Å². The van der Waals surface area contributed by atoms with Gasteiger partial charge in [-0.05, 0) is 0 Å². The molecule has 24 heavy (non-hydrogen) atoms. The topological polar surface area (TPSA) is 15.6 Å². The fraction of sp³-hybridized carbons (Fsp3) is 0.714. The Kier molecular flexibility index (Phi) is 5.62. The molecule has 0 aliphatic carbocycles. The Morgan fingerprint density at radius 3 is 1.79 bits per heavy atom. The van der Waals surface area contributed by atoms with E-state index in [-0.39, 0.29) is 11.1 Å². The summed E-state index contributed by atoms with van der Waals surface area (Å²) in [6.07, 6.45) is 3.75. The van der Waals surface area contributed by atoms with Crippen molar-refractivity contribution in [3.63, 3.8) is 0 Å². The second-order valence-corrected chi connectivity index (χ2v) is 9.19. The van der Waals surface area contributed by atoms with Crippen molar-refractivity contribution >= 4 is 12.9 Å². The third-order valence-corrected chi connectivity index (χ3v) is 5.53. The van der Waals surface area contributed by atoms with Crippen LogP contribution in [0.3, 0.4) is 0 Å². The van der Waals surface area contributed by atoms with Gasteiger partial charge in [0, 0.05) is 0 Å². The van der Waals surface area contributed by atoms with Crippen LogP contribution >= 0.6 is 0 Å². The van der Waals surface area contributed by atoms with Gasteiger partial charge in [-0.3, -0.25) is 0 Å². The van der Waals surface area contributed by atoms with E-state index < -0.39 is 0 Å². The SMILES string of the molecule is CC(C)c1cccc(C(C)C)c1N=BN1C(C)(C)CCCC1(C)C. The molecule has 1 fully saturated rings. The molecule has 0 unspecified atom stereocenters. The fourth-order valence-corrected chi connectivity index (χ4v) is 4.10. The molecule has 1 aliphatic heterocycles. The first-order chi connectivity index (χ1) is 11.1. The van der Waals surface area contributed by atoms with Crippen LogP contribution in [0.25, 0.3) is 0 Å². The van der Waals surface area contributed by atoms with E-state index in [1.165, 1.54) is 36.1 Å². The van der Waals surface area contributed by atoms with Crippen molar-refractivity contribution in [3.05, 3.63) is 29.3 Å². The van der Waals surface area contributed by atoms with Gasteiger partial charge in [-0.1, -0.05) is 0 Å². The monoisotopic (exact) mass is 326 g/mol. The van der Waals surface area contributed by atoms with E-state index in [0.29, 0.717) is 11.8 Å². The van der Waals surface area contributed by atoms with Gasteiger partial charge in [-0.25, -0.2) is 0 Å². The van der Waals surface area contributed by atoms with E-state index in [1.807, 2.05) is 0 Å². The van der Waals surface area contributed by atoms with Crippen molar-refractivity contribution < 1.29 is 0 Å². The van der Waals surface area contributed by atoms with E-state index >= 15 is 0 Å². The first-order valence-corrected chi connectivity index (χ1v) is 9.53. The van der Waals surface area contributed by atoms with Crippen LogP contribution in [-0.4, -0.2) is 23.1 Å². The third kappa shape index (κ3) is 3.92. The zero-order valence-electron chi connectivity index (χ0n) is 17.0. The molecule has 132 valence electrons. The summed E-state index contributed by atoms with van der Waals surface area (Å²) in [6.45, 7) is 18.4. The molecule has 0 N–H and O–H groups in total. The molecule has 0 radical (unpaired) electrons. The summed E-state index contributed by atoms with van der Waals surface area (Å²) in [7, 11) is 2.13. The van der Waals surface area contributed by atoms with Crippen molar-refractivity contribution in [1.82, 2.24) is 4.81 Å². The number of hydrogen-bond acceptors (Lipinski definition) is 1. The molecule has 1 aromatic carbocycles.